The third-order valence-corrected chi connectivity index (χ3v) is 4.15. The Labute approximate surface area is 153 Å². The number of aryl methyl sites for hydroxylation is 2. The van der Waals surface area contributed by atoms with E-state index in [0.717, 1.165) is 24.4 Å². The van der Waals surface area contributed by atoms with Crippen LogP contribution in [0.15, 0.2) is 42.7 Å². The fourth-order valence-electron chi connectivity index (χ4n) is 2.75. The van der Waals surface area contributed by atoms with Gasteiger partial charge in [0.15, 0.2) is 0 Å². The van der Waals surface area contributed by atoms with Gasteiger partial charge in [0.25, 0.3) is 0 Å². The number of carbonyl (C=O) groups is 2. The van der Waals surface area contributed by atoms with Gasteiger partial charge in [-0.05, 0) is 31.7 Å². The van der Waals surface area contributed by atoms with Crippen LogP contribution in [0.5, 0.6) is 0 Å². The molecular formula is C19H26N4O3. The number of carboxylic acid groups (broad SMARTS) is 1. The number of carbonyl (C=O) groups excluding carboxylic acids is 1. The van der Waals surface area contributed by atoms with Crippen molar-refractivity contribution < 1.29 is 14.7 Å². The zero-order valence-corrected chi connectivity index (χ0v) is 15.0. The summed E-state index contributed by atoms with van der Waals surface area (Å²) in [6, 6.07) is 9.26. The monoisotopic (exact) mass is 358 g/mol. The number of aliphatic carboxylic acids is 1. The van der Waals surface area contributed by atoms with Gasteiger partial charge < -0.3 is 20.3 Å². The van der Waals surface area contributed by atoms with Gasteiger partial charge in [-0.15, -0.1) is 0 Å². The van der Waals surface area contributed by atoms with Gasteiger partial charge in [-0.3, -0.25) is 4.79 Å². The molecule has 1 aromatic carbocycles. The number of nitrogens with zero attached hydrogens (tertiary/aromatic N) is 2. The highest BCUT2D eigenvalue weighted by atomic mass is 16.4. The van der Waals surface area contributed by atoms with Crippen LogP contribution in [0.1, 0.15) is 30.7 Å². The Morgan fingerprint density at radius 1 is 1.27 bits per heavy atom. The van der Waals surface area contributed by atoms with Crippen molar-refractivity contribution in [3.05, 3.63) is 54.1 Å². The predicted octanol–water partition coefficient (Wildman–Crippen LogP) is 2.36. The van der Waals surface area contributed by atoms with Crippen molar-refractivity contribution in [2.24, 2.45) is 0 Å². The number of hydrogen-bond acceptors (Lipinski definition) is 3. The maximum absolute atomic E-state index is 12.1. The van der Waals surface area contributed by atoms with Crippen LogP contribution in [0.3, 0.4) is 0 Å². The summed E-state index contributed by atoms with van der Waals surface area (Å²) in [7, 11) is 0. The van der Waals surface area contributed by atoms with Crippen LogP contribution in [0, 0.1) is 6.92 Å². The summed E-state index contributed by atoms with van der Waals surface area (Å²) < 4.78 is 2.03. The first-order chi connectivity index (χ1) is 12.5. The van der Waals surface area contributed by atoms with E-state index in [1.165, 1.54) is 0 Å². The average Bonchev–Trinajstić information content (AvgIpc) is 3.02. The molecule has 3 N–H and O–H groups in total. The highest BCUT2D eigenvalue weighted by Gasteiger charge is 2.14. The predicted molar refractivity (Wildman–Crippen MR) is 98.9 cm³/mol. The molecule has 0 saturated heterocycles. The molecule has 26 heavy (non-hydrogen) atoms. The first-order valence-electron chi connectivity index (χ1n) is 8.82. The Balaban J connectivity index is 1.77. The normalized spacial score (nSPS) is 11.7. The fourth-order valence-corrected chi connectivity index (χ4v) is 2.75. The van der Waals surface area contributed by atoms with Crippen LogP contribution in [-0.2, 0) is 17.8 Å². The number of nitrogens with one attached hydrogen (secondary N) is 2. The van der Waals surface area contributed by atoms with Crippen LogP contribution in [0.2, 0.25) is 0 Å². The molecule has 1 heterocycles. The van der Waals surface area contributed by atoms with E-state index < -0.39 is 5.97 Å². The number of rotatable bonds is 10. The molecule has 0 bridgehead atoms. The highest BCUT2D eigenvalue weighted by Crippen LogP contribution is 2.08. The third kappa shape index (κ3) is 6.96. The van der Waals surface area contributed by atoms with E-state index in [4.69, 9.17) is 5.11 Å². The maximum atomic E-state index is 12.1. The van der Waals surface area contributed by atoms with Crippen molar-refractivity contribution in [3.8, 4) is 0 Å². The molecule has 0 fully saturated rings. The summed E-state index contributed by atoms with van der Waals surface area (Å²) >= 11 is 0. The Hall–Kier alpha value is -2.83. The summed E-state index contributed by atoms with van der Waals surface area (Å²) in [4.78, 5) is 27.1. The molecule has 140 valence electrons. The van der Waals surface area contributed by atoms with Crippen molar-refractivity contribution in [2.75, 3.05) is 6.54 Å². The first-order valence-corrected chi connectivity index (χ1v) is 8.82. The topological polar surface area (TPSA) is 96.3 Å². The summed E-state index contributed by atoms with van der Waals surface area (Å²) in [6.45, 7) is 3.27. The number of hydrogen-bond donors (Lipinski definition) is 3. The van der Waals surface area contributed by atoms with Crippen molar-refractivity contribution in [1.29, 1.82) is 0 Å². The Bertz CT molecular complexity index is 700. The molecule has 1 unspecified atom stereocenters. The smallest absolute Gasteiger partial charge is 0.315 e. The van der Waals surface area contributed by atoms with Crippen molar-refractivity contribution in [2.45, 2.75) is 45.2 Å². The quantitative estimate of drug-likeness (QED) is 0.568. The summed E-state index contributed by atoms with van der Waals surface area (Å²) in [5, 5.41) is 14.6. The molecule has 0 aliphatic carbocycles. The van der Waals surface area contributed by atoms with Gasteiger partial charge in [-0.25, -0.2) is 9.78 Å². The van der Waals surface area contributed by atoms with Crippen molar-refractivity contribution in [3.63, 3.8) is 0 Å². The van der Waals surface area contributed by atoms with Gasteiger partial charge >= 0.3 is 12.0 Å². The molecule has 0 aliphatic rings. The molecule has 7 nitrogen and oxygen atoms in total. The summed E-state index contributed by atoms with van der Waals surface area (Å²) in [5.74, 6) is 0.0898. The van der Waals surface area contributed by atoms with E-state index in [0.29, 0.717) is 19.4 Å². The van der Waals surface area contributed by atoms with Crippen LogP contribution in [0.4, 0.5) is 4.79 Å². The number of aromatic nitrogens is 2. The van der Waals surface area contributed by atoms with Crippen molar-refractivity contribution >= 4 is 12.0 Å². The minimum Gasteiger partial charge on any atom is -0.481 e. The number of imidazole rings is 1. The Morgan fingerprint density at radius 2 is 2.04 bits per heavy atom. The molecule has 0 spiro atoms. The fraction of sp³-hybridized carbons (Fsp3) is 0.421. The zero-order valence-electron chi connectivity index (χ0n) is 15.0. The molecule has 0 saturated carbocycles. The van der Waals surface area contributed by atoms with Gasteiger partial charge in [-0.2, -0.15) is 0 Å². The lowest BCUT2D eigenvalue weighted by atomic mass is 10.0. The SMILES string of the molecule is Cc1nccn1CCCNC(=O)NC(CCC(=O)O)Cc1ccccc1. The lowest BCUT2D eigenvalue weighted by Gasteiger charge is -2.19. The largest absolute Gasteiger partial charge is 0.481 e. The minimum absolute atomic E-state index is 0.0255. The molecule has 2 aromatic rings. The number of amides is 2. The Morgan fingerprint density at radius 3 is 2.69 bits per heavy atom. The van der Waals surface area contributed by atoms with Crippen molar-refractivity contribution in [1.82, 2.24) is 20.2 Å². The van der Waals surface area contributed by atoms with E-state index in [1.807, 2.05) is 48.0 Å². The van der Waals surface area contributed by atoms with Crippen LogP contribution < -0.4 is 10.6 Å². The van der Waals surface area contributed by atoms with E-state index >= 15 is 0 Å². The first kappa shape index (κ1) is 19.5. The van der Waals surface area contributed by atoms with E-state index in [-0.39, 0.29) is 18.5 Å². The lowest BCUT2D eigenvalue weighted by Crippen LogP contribution is -2.43. The second-order valence-corrected chi connectivity index (χ2v) is 6.24. The standard InChI is InChI=1S/C19H26N4O3/c1-15-20-11-13-23(15)12-5-10-21-19(26)22-17(8-9-18(24)25)14-16-6-3-2-4-7-16/h2-4,6-7,11,13,17H,5,8-10,12,14H2,1H3,(H,24,25)(H2,21,22,26). The molecular weight excluding hydrogens is 332 g/mol. The maximum Gasteiger partial charge on any atom is 0.315 e. The van der Waals surface area contributed by atoms with Crippen LogP contribution >= 0.6 is 0 Å². The summed E-state index contributed by atoms with van der Waals surface area (Å²) in [6.07, 6.45) is 5.49. The van der Waals surface area contributed by atoms with E-state index in [1.54, 1.807) is 6.20 Å². The molecule has 1 aromatic heterocycles. The number of carboxylic acids is 1. The zero-order chi connectivity index (χ0) is 18.8. The number of benzene rings is 1. The third-order valence-electron chi connectivity index (χ3n) is 4.15. The summed E-state index contributed by atoms with van der Waals surface area (Å²) in [5.41, 5.74) is 1.07. The van der Waals surface area contributed by atoms with E-state index in [2.05, 4.69) is 15.6 Å². The number of urea groups is 1. The lowest BCUT2D eigenvalue weighted by molar-refractivity contribution is -0.137. The second kappa shape index (κ2) is 10.2. The van der Waals surface area contributed by atoms with E-state index in [9.17, 15) is 9.59 Å². The second-order valence-electron chi connectivity index (χ2n) is 6.24. The van der Waals surface area contributed by atoms with Gasteiger partial charge in [0.2, 0.25) is 0 Å². The van der Waals surface area contributed by atoms with Crippen LogP contribution in [-0.4, -0.2) is 39.2 Å². The van der Waals surface area contributed by atoms with Crippen LogP contribution in [0.25, 0.3) is 0 Å². The van der Waals surface area contributed by atoms with Gasteiger partial charge in [0.1, 0.15) is 5.82 Å². The van der Waals surface area contributed by atoms with Gasteiger partial charge in [0, 0.05) is 37.9 Å². The van der Waals surface area contributed by atoms with Gasteiger partial charge in [0.05, 0.1) is 0 Å². The molecule has 2 rings (SSSR count). The molecule has 1 atom stereocenters. The molecule has 2 amide bonds. The highest BCUT2D eigenvalue weighted by molar-refractivity contribution is 5.74. The molecule has 7 heteroatoms. The van der Waals surface area contributed by atoms with Gasteiger partial charge in [-0.1, -0.05) is 30.3 Å². The average molecular weight is 358 g/mol. The minimum atomic E-state index is -0.860. The Kier molecular flexibility index (Phi) is 7.67. The molecule has 0 radical (unpaired) electrons. The molecule has 0 aliphatic heterocycles.